The Morgan fingerprint density at radius 1 is 1.11 bits per heavy atom. The molecule has 148 valence electrons. The van der Waals surface area contributed by atoms with Gasteiger partial charge in [-0.3, -0.25) is 9.69 Å². The number of benzene rings is 2. The van der Waals surface area contributed by atoms with Gasteiger partial charge in [0.25, 0.3) is 0 Å². The van der Waals surface area contributed by atoms with Gasteiger partial charge in [-0.25, -0.2) is 0 Å². The van der Waals surface area contributed by atoms with E-state index in [0.29, 0.717) is 12.5 Å². The summed E-state index contributed by atoms with van der Waals surface area (Å²) in [5.41, 5.74) is 2.43. The minimum Gasteiger partial charge on any atom is -0.454 e. The molecule has 0 saturated carbocycles. The van der Waals surface area contributed by atoms with Crippen LogP contribution in [0.15, 0.2) is 48.5 Å². The molecule has 0 radical (unpaired) electrons. The van der Waals surface area contributed by atoms with Gasteiger partial charge in [-0.05, 0) is 49.6 Å². The number of likely N-dealkylation sites (tertiary alicyclic amines) is 1. The van der Waals surface area contributed by atoms with Crippen molar-refractivity contribution >= 4 is 5.91 Å². The first-order chi connectivity index (χ1) is 13.7. The molecular formula is C23H28N2O3. The molecule has 1 unspecified atom stereocenters. The van der Waals surface area contributed by atoms with Crippen molar-refractivity contribution in [3.63, 3.8) is 0 Å². The van der Waals surface area contributed by atoms with Crippen LogP contribution in [0.4, 0.5) is 0 Å². The van der Waals surface area contributed by atoms with Crippen molar-refractivity contribution in [2.24, 2.45) is 0 Å². The Bertz CT molecular complexity index is 809. The molecule has 0 N–H and O–H groups in total. The first kappa shape index (κ1) is 18.8. The summed E-state index contributed by atoms with van der Waals surface area (Å²) >= 11 is 0. The van der Waals surface area contributed by atoms with E-state index in [0.717, 1.165) is 56.0 Å². The molecule has 2 aliphatic rings. The van der Waals surface area contributed by atoms with Crippen LogP contribution in [0.25, 0.3) is 0 Å². The van der Waals surface area contributed by atoms with Crippen LogP contribution in [0.5, 0.6) is 11.5 Å². The molecule has 2 aromatic carbocycles. The van der Waals surface area contributed by atoms with Crippen LogP contribution in [0, 0.1) is 0 Å². The number of hydrogen-bond donors (Lipinski definition) is 0. The number of carbonyl (C=O) groups is 1. The molecule has 1 atom stereocenters. The van der Waals surface area contributed by atoms with Crippen LogP contribution < -0.4 is 9.47 Å². The standard InChI is InChI=1S/C23H28N2O3/c1-24(15-19-6-3-2-4-7-19)20-8-5-13-25(16-20)23(26)12-10-18-9-11-21-22(14-18)28-17-27-21/h2-4,6-7,9,11,14,20H,5,8,10,12-13,15-17H2,1H3. The van der Waals surface area contributed by atoms with Crippen molar-refractivity contribution in [3.05, 3.63) is 59.7 Å². The number of nitrogens with zero attached hydrogens (tertiary/aromatic N) is 2. The number of amides is 1. The average molecular weight is 380 g/mol. The predicted octanol–water partition coefficient (Wildman–Crippen LogP) is 3.47. The molecule has 2 heterocycles. The summed E-state index contributed by atoms with van der Waals surface area (Å²) in [6.07, 6.45) is 3.49. The van der Waals surface area contributed by atoms with Crippen molar-refractivity contribution in [2.45, 2.75) is 38.3 Å². The Morgan fingerprint density at radius 3 is 2.79 bits per heavy atom. The zero-order valence-electron chi connectivity index (χ0n) is 16.5. The predicted molar refractivity (Wildman–Crippen MR) is 108 cm³/mol. The number of likely N-dealkylation sites (N-methyl/N-ethyl adjacent to an activating group) is 1. The van der Waals surface area contributed by atoms with E-state index in [2.05, 4.69) is 36.2 Å². The zero-order chi connectivity index (χ0) is 19.3. The van der Waals surface area contributed by atoms with Gasteiger partial charge in [0.1, 0.15) is 0 Å². The molecule has 5 nitrogen and oxygen atoms in total. The molecule has 0 bridgehead atoms. The van der Waals surface area contributed by atoms with Crippen LogP contribution in [-0.4, -0.2) is 48.7 Å². The number of ether oxygens (including phenoxy) is 2. The number of carbonyl (C=O) groups excluding carboxylic acids is 1. The van der Waals surface area contributed by atoms with Gasteiger partial charge in [0.2, 0.25) is 12.7 Å². The maximum atomic E-state index is 12.8. The van der Waals surface area contributed by atoms with E-state index in [-0.39, 0.29) is 12.7 Å². The Hall–Kier alpha value is -2.53. The van der Waals surface area contributed by atoms with E-state index in [4.69, 9.17) is 9.47 Å². The third kappa shape index (κ3) is 4.47. The Kier molecular flexibility index (Phi) is 5.81. The second kappa shape index (κ2) is 8.65. The molecule has 1 amide bonds. The zero-order valence-corrected chi connectivity index (χ0v) is 16.5. The smallest absolute Gasteiger partial charge is 0.231 e. The molecule has 28 heavy (non-hydrogen) atoms. The molecule has 4 rings (SSSR count). The van der Waals surface area contributed by atoms with Crippen LogP contribution >= 0.6 is 0 Å². The SMILES string of the molecule is CN(Cc1ccccc1)C1CCCN(C(=O)CCc2ccc3c(c2)OCO3)C1. The third-order valence-corrected chi connectivity index (χ3v) is 5.71. The third-order valence-electron chi connectivity index (χ3n) is 5.71. The topological polar surface area (TPSA) is 42.0 Å². The van der Waals surface area contributed by atoms with Crippen molar-refractivity contribution in [1.29, 1.82) is 0 Å². The van der Waals surface area contributed by atoms with Crippen LogP contribution in [0.1, 0.15) is 30.4 Å². The van der Waals surface area contributed by atoms with E-state index in [1.165, 1.54) is 5.56 Å². The molecule has 5 heteroatoms. The fourth-order valence-corrected chi connectivity index (χ4v) is 4.05. The van der Waals surface area contributed by atoms with E-state index >= 15 is 0 Å². The highest BCUT2D eigenvalue weighted by atomic mass is 16.7. The second-order valence-corrected chi connectivity index (χ2v) is 7.72. The number of piperidine rings is 1. The van der Waals surface area contributed by atoms with Gasteiger partial charge < -0.3 is 14.4 Å². The van der Waals surface area contributed by atoms with Gasteiger partial charge in [-0.2, -0.15) is 0 Å². The van der Waals surface area contributed by atoms with Crippen LogP contribution in [0.2, 0.25) is 0 Å². The van der Waals surface area contributed by atoms with E-state index < -0.39 is 0 Å². The quantitative estimate of drug-likeness (QED) is 0.770. The van der Waals surface area contributed by atoms with Crippen molar-refractivity contribution in [2.75, 3.05) is 26.9 Å². The van der Waals surface area contributed by atoms with Crippen molar-refractivity contribution in [3.8, 4) is 11.5 Å². The van der Waals surface area contributed by atoms with Crippen molar-refractivity contribution in [1.82, 2.24) is 9.80 Å². The summed E-state index contributed by atoms with van der Waals surface area (Å²) in [7, 11) is 2.16. The van der Waals surface area contributed by atoms with Gasteiger partial charge in [0, 0.05) is 32.1 Å². The minimum atomic E-state index is 0.246. The molecule has 2 aliphatic heterocycles. The molecule has 2 aromatic rings. The van der Waals surface area contributed by atoms with Gasteiger partial charge in [0.15, 0.2) is 11.5 Å². The van der Waals surface area contributed by atoms with Gasteiger partial charge in [-0.15, -0.1) is 0 Å². The highest BCUT2D eigenvalue weighted by Crippen LogP contribution is 2.32. The lowest BCUT2D eigenvalue weighted by molar-refractivity contribution is -0.133. The highest BCUT2D eigenvalue weighted by Gasteiger charge is 2.26. The highest BCUT2D eigenvalue weighted by molar-refractivity contribution is 5.76. The van der Waals surface area contributed by atoms with Gasteiger partial charge in [0.05, 0.1) is 0 Å². The summed E-state index contributed by atoms with van der Waals surface area (Å²) in [6, 6.07) is 16.9. The van der Waals surface area contributed by atoms with Gasteiger partial charge >= 0.3 is 0 Å². The summed E-state index contributed by atoms with van der Waals surface area (Å²) in [6.45, 7) is 2.90. The molecule has 1 saturated heterocycles. The van der Waals surface area contributed by atoms with Crippen LogP contribution in [-0.2, 0) is 17.8 Å². The molecule has 0 spiro atoms. The Balaban J connectivity index is 1.29. The number of fused-ring (bicyclic) bond motifs is 1. The summed E-state index contributed by atoms with van der Waals surface area (Å²) in [4.78, 5) is 17.2. The summed E-state index contributed by atoms with van der Waals surface area (Å²) < 4.78 is 10.8. The summed E-state index contributed by atoms with van der Waals surface area (Å²) in [5.74, 6) is 1.82. The van der Waals surface area contributed by atoms with Crippen molar-refractivity contribution < 1.29 is 14.3 Å². The maximum Gasteiger partial charge on any atom is 0.231 e. The lowest BCUT2D eigenvalue weighted by atomic mass is 10.0. The van der Waals surface area contributed by atoms with E-state index in [9.17, 15) is 4.79 Å². The second-order valence-electron chi connectivity index (χ2n) is 7.72. The number of hydrogen-bond acceptors (Lipinski definition) is 4. The average Bonchev–Trinajstić information content (AvgIpc) is 3.20. The van der Waals surface area contributed by atoms with E-state index in [1.807, 2.05) is 29.2 Å². The number of aryl methyl sites for hydroxylation is 1. The Morgan fingerprint density at radius 2 is 1.93 bits per heavy atom. The minimum absolute atomic E-state index is 0.246. The first-order valence-corrected chi connectivity index (χ1v) is 10.1. The van der Waals surface area contributed by atoms with E-state index in [1.54, 1.807) is 0 Å². The van der Waals surface area contributed by atoms with Crippen LogP contribution in [0.3, 0.4) is 0 Å². The molecule has 0 aliphatic carbocycles. The first-order valence-electron chi connectivity index (χ1n) is 10.1. The molecular weight excluding hydrogens is 352 g/mol. The lowest BCUT2D eigenvalue weighted by Crippen LogP contribution is -2.48. The van der Waals surface area contributed by atoms with Gasteiger partial charge in [-0.1, -0.05) is 36.4 Å². The maximum absolute atomic E-state index is 12.8. The monoisotopic (exact) mass is 380 g/mol. The Labute approximate surface area is 166 Å². The normalized spacial score (nSPS) is 18.5. The largest absolute Gasteiger partial charge is 0.454 e. The lowest BCUT2D eigenvalue weighted by Gasteiger charge is -2.38. The summed E-state index contributed by atoms with van der Waals surface area (Å²) in [5, 5.41) is 0. The fraction of sp³-hybridized carbons (Fsp3) is 0.435. The fourth-order valence-electron chi connectivity index (χ4n) is 4.05. The molecule has 1 fully saturated rings. The molecule has 0 aromatic heterocycles. The number of rotatable bonds is 6.